The van der Waals surface area contributed by atoms with Gasteiger partial charge in [-0.1, -0.05) is 42.5 Å². The maximum Gasteiger partial charge on any atom is 0.226 e. The van der Waals surface area contributed by atoms with Crippen LogP contribution >= 0.6 is 12.4 Å². The van der Waals surface area contributed by atoms with Crippen LogP contribution in [0.1, 0.15) is 24.0 Å². The summed E-state index contributed by atoms with van der Waals surface area (Å²) in [5, 5.41) is 3.00. The fraction of sp³-hybridized carbons (Fsp3) is 0.333. The minimum absolute atomic E-state index is 0. The van der Waals surface area contributed by atoms with Crippen LogP contribution in [0.4, 0.5) is 5.69 Å². The van der Waals surface area contributed by atoms with Crippen LogP contribution in [0.15, 0.2) is 54.6 Å². The van der Waals surface area contributed by atoms with E-state index in [1.54, 1.807) is 0 Å². The Kier molecular flexibility index (Phi) is 7.67. The Balaban J connectivity index is 0.00000261. The Morgan fingerprint density at radius 3 is 2.22 bits per heavy atom. The molecule has 2 amide bonds. The summed E-state index contributed by atoms with van der Waals surface area (Å²) >= 11 is 0. The molecule has 0 saturated carbocycles. The fourth-order valence-electron chi connectivity index (χ4n) is 3.24. The third kappa shape index (κ3) is 6.00. The summed E-state index contributed by atoms with van der Waals surface area (Å²) in [6, 6.07) is 17.3. The number of nitrogens with one attached hydrogen (secondary N) is 1. The highest BCUT2D eigenvalue weighted by molar-refractivity contribution is 5.85. The molecule has 5 nitrogen and oxygen atoms in total. The maximum atomic E-state index is 12.4. The van der Waals surface area contributed by atoms with Crippen LogP contribution in [0.25, 0.3) is 0 Å². The van der Waals surface area contributed by atoms with Gasteiger partial charge in [0.15, 0.2) is 0 Å². The largest absolute Gasteiger partial charge is 0.399 e. The number of likely N-dealkylation sites (tertiary alicyclic amines) is 1. The topological polar surface area (TPSA) is 75.4 Å². The van der Waals surface area contributed by atoms with E-state index in [1.165, 1.54) is 0 Å². The Morgan fingerprint density at radius 2 is 1.59 bits per heavy atom. The molecule has 1 heterocycles. The highest BCUT2D eigenvalue weighted by atomic mass is 35.5. The van der Waals surface area contributed by atoms with Crippen molar-refractivity contribution in [3.8, 4) is 0 Å². The second-order valence-electron chi connectivity index (χ2n) is 6.78. The zero-order valence-corrected chi connectivity index (χ0v) is 16.1. The van der Waals surface area contributed by atoms with Crippen LogP contribution in [0.2, 0.25) is 0 Å². The summed E-state index contributed by atoms with van der Waals surface area (Å²) in [7, 11) is 0. The van der Waals surface area contributed by atoms with Gasteiger partial charge < -0.3 is 16.0 Å². The van der Waals surface area contributed by atoms with Gasteiger partial charge >= 0.3 is 0 Å². The number of piperidine rings is 1. The smallest absolute Gasteiger partial charge is 0.226 e. The zero-order chi connectivity index (χ0) is 18.4. The minimum atomic E-state index is -0.0146. The van der Waals surface area contributed by atoms with E-state index >= 15 is 0 Å². The first-order chi connectivity index (χ1) is 12.6. The monoisotopic (exact) mass is 387 g/mol. The van der Waals surface area contributed by atoms with Gasteiger partial charge in [0, 0.05) is 31.2 Å². The zero-order valence-electron chi connectivity index (χ0n) is 15.3. The van der Waals surface area contributed by atoms with Crippen LogP contribution in [0.3, 0.4) is 0 Å². The molecule has 1 aliphatic rings. The van der Waals surface area contributed by atoms with Gasteiger partial charge in [0.25, 0.3) is 0 Å². The Labute approximate surface area is 166 Å². The number of carbonyl (C=O) groups is 2. The van der Waals surface area contributed by atoms with E-state index < -0.39 is 0 Å². The molecule has 6 heteroatoms. The van der Waals surface area contributed by atoms with Crippen molar-refractivity contribution in [1.29, 1.82) is 0 Å². The van der Waals surface area contributed by atoms with E-state index in [0.29, 0.717) is 44.6 Å². The van der Waals surface area contributed by atoms with Gasteiger partial charge in [0.05, 0.1) is 6.42 Å². The molecule has 3 rings (SSSR count). The number of nitrogens with two attached hydrogens (primary N) is 1. The minimum Gasteiger partial charge on any atom is -0.399 e. The first-order valence-corrected chi connectivity index (χ1v) is 9.05. The lowest BCUT2D eigenvalue weighted by Crippen LogP contribution is -2.43. The van der Waals surface area contributed by atoms with E-state index in [2.05, 4.69) is 5.32 Å². The number of rotatable bonds is 5. The van der Waals surface area contributed by atoms with E-state index in [9.17, 15) is 9.59 Å². The molecule has 0 aliphatic carbocycles. The number of nitrogen functional groups attached to an aromatic ring is 1. The van der Waals surface area contributed by atoms with E-state index in [1.807, 2.05) is 59.5 Å². The van der Waals surface area contributed by atoms with Gasteiger partial charge in [-0.05, 0) is 36.1 Å². The third-order valence-corrected chi connectivity index (χ3v) is 4.86. The molecule has 0 unspecified atom stereocenters. The van der Waals surface area contributed by atoms with Gasteiger partial charge in [0.2, 0.25) is 11.8 Å². The van der Waals surface area contributed by atoms with Gasteiger partial charge in [0.1, 0.15) is 0 Å². The van der Waals surface area contributed by atoms with E-state index in [0.717, 1.165) is 11.1 Å². The number of hydrogen-bond acceptors (Lipinski definition) is 3. The van der Waals surface area contributed by atoms with Crippen LogP contribution in [-0.4, -0.2) is 29.8 Å². The molecule has 0 atom stereocenters. The van der Waals surface area contributed by atoms with Crippen molar-refractivity contribution in [1.82, 2.24) is 10.2 Å². The number of halogens is 1. The van der Waals surface area contributed by atoms with Crippen LogP contribution in [0, 0.1) is 5.92 Å². The molecule has 0 spiro atoms. The summed E-state index contributed by atoms with van der Waals surface area (Å²) in [4.78, 5) is 26.6. The first kappa shape index (κ1) is 20.8. The predicted octanol–water partition coefficient (Wildman–Crippen LogP) is 2.79. The van der Waals surface area contributed by atoms with E-state index in [-0.39, 0.29) is 30.1 Å². The molecule has 0 radical (unpaired) electrons. The SMILES string of the molecule is Cl.Nc1ccc(CC(=O)N2CCC(C(=O)NCc3ccccc3)CC2)cc1. The molecule has 1 saturated heterocycles. The summed E-state index contributed by atoms with van der Waals surface area (Å²) in [5.41, 5.74) is 8.43. The van der Waals surface area contributed by atoms with Crippen molar-refractivity contribution in [2.24, 2.45) is 5.92 Å². The molecule has 27 heavy (non-hydrogen) atoms. The van der Waals surface area contributed by atoms with Crippen LogP contribution in [0.5, 0.6) is 0 Å². The van der Waals surface area contributed by atoms with Gasteiger partial charge in [-0.25, -0.2) is 0 Å². The standard InChI is InChI=1S/C21H25N3O2.ClH/c22-19-8-6-16(7-9-19)14-20(25)24-12-10-18(11-13-24)21(26)23-15-17-4-2-1-3-5-17;/h1-9,18H,10-15,22H2,(H,23,26);1H. The third-order valence-electron chi connectivity index (χ3n) is 4.86. The second-order valence-corrected chi connectivity index (χ2v) is 6.78. The molecule has 144 valence electrons. The lowest BCUT2D eigenvalue weighted by Gasteiger charge is -2.31. The Morgan fingerprint density at radius 1 is 0.963 bits per heavy atom. The quantitative estimate of drug-likeness (QED) is 0.774. The van der Waals surface area contributed by atoms with Crippen molar-refractivity contribution in [3.63, 3.8) is 0 Å². The maximum absolute atomic E-state index is 12.4. The Hall–Kier alpha value is -2.53. The van der Waals surface area contributed by atoms with Crippen molar-refractivity contribution in [2.75, 3.05) is 18.8 Å². The van der Waals surface area contributed by atoms with Crippen molar-refractivity contribution in [2.45, 2.75) is 25.8 Å². The van der Waals surface area contributed by atoms with Crippen molar-refractivity contribution < 1.29 is 9.59 Å². The predicted molar refractivity (Wildman–Crippen MR) is 109 cm³/mol. The van der Waals surface area contributed by atoms with Gasteiger partial charge in [-0.3, -0.25) is 9.59 Å². The van der Waals surface area contributed by atoms with Crippen LogP contribution < -0.4 is 11.1 Å². The molecule has 1 fully saturated rings. The molecular weight excluding hydrogens is 362 g/mol. The fourth-order valence-corrected chi connectivity index (χ4v) is 3.24. The first-order valence-electron chi connectivity index (χ1n) is 9.05. The van der Waals surface area contributed by atoms with E-state index in [4.69, 9.17) is 5.73 Å². The number of carbonyl (C=O) groups excluding carboxylic acids is 2. The summed E-state index contributed by atoms with van der Waals surface area (Å²) in [5.74, 6) is 0.177. The Bertz CT molecular complexity index is 742. The number of anilines is 1. The van der Waals surface area contributed by atoms with Gasteiger partial charge in [-0.15, -0.1) is 12.4 Å². The number of hydrogen-bond donors (Lipinski definition) is 2. The normalized spacial score (nSPS) is 14.3. The molecule has 0 bridgehead atoms. The molecule has 2 aromatic rings. The number of benzene rings is 2. The molecule has 2 aromatic carbocycles. The summed E-state index contributed by atoms with van der Waals surface area (Å²) in [6.07, 6.45) is 1.81. The second kappa shape index (κ2) is 9.97. The average molecular weight is 388 g/mol. The highest BCUT2D eigenvalue weighted by Crippen LogP contribution is 2.19. The number of amides is 2. The molecule has 1 aliphatic heterocycles. The lowest BCUT2D eigenvalue weighted by atomic mass is 9.95. The molecule has 0 aromatic heterocycles. The summed E-state index contributed by atoms with van der Waals surface area (Å²) in [6.45, 7) is 1.82. The summed E-state index contributed by atoms with van der Waals surface area (Å²) < 4.78 is 0. The molecular formula is C21H26ClN3O2. The highest BCUT2D eigenvalue weighted by Gasteiger charge is 2.27. The molecule has 3 N–H and O–H groups in total. The van der Waals surface area contributed by atoms with Gasteiger partial charge in [-0.2, -0.15) is 0 Å². The van der Waals surface area contributed by atoms with Crippen molar-refractivity contribution in [3.05, 3.63) is 65.7 Å². The van der Waals surface area contributed by atoms with Crippen LogP contribution in [-0.2, 0) is 22.6 Å². The lowest BCUT2D eigenvalue weighted by molar-refractivity contribution is -0.135. The number of nitrogens with zero attached hydrogens (tertiary/aromatic N) is 1. The van der Waals surface area contributed by atoms with Crippen molar-refractivity contribution >= 4 is 29.9 Å². The average Bonchev–Trinajstić information content (AvgIpc) is 2.69.